The van der Waals surface area contributed by atoms with Crippen molar-refractivity contribution >= 4 is 17.4 Å². The van der Waals surface area contributed by atoms with Crippen LogP contribution in [0.5, 0.6) is 5.75 Å². The third-order valence-corrected chi connectivity index (χ3v) is 4.00. The van der Waals surface area contributed by atoms with E-state index in [2.05, 4.69) is 19.2 Å². The molecule has 2 aromatic carbocycles. The maximum Gasteiger partial charge on any atom is 0.262 e. The number of para-hydroxylation sites is 1. The maximum absolute atomic E-state index is 12.0. The van der Waals surface area contributed by atoms with E-state index in [0.717, 1.165) is 12.1 Å². The Morgan fingerprint density at radius 2 is 1.75 bits per heavy atom. The Labute approximate surface area is 142 Å². The fraction of sp³-hybridized carbons (Fsp3) is 0.300. The van der Waals surface area contributed by atoms with Crippen LogP contribution in [0.4, 0.5) is 5.69 Å². The van der Waals surface area contributed by atoms with Crippen LogP contribution >= 0.6 is 0 Å². The number of anilines is 1. The summed E-state index contributed by atoms with van der Waals surface area (Å²) in [6.45, 7) is 5.66. The highest BCUT2D eigenvalue weighted by Crippen LogP contribution is 2.21. The van der Waals surface area contributed by atoms with Gasteiger partial charge in [-0.15, -0.1) is 0 Å². The zero-order valence-corrected chi connectivity index (χ0v) is 14.3. The van der Waals surface area contributed by atoms with E-state index in [1.54, 1.807) is 24.3 Å². The number of ketones is 1. The molecule has 0 aliphatic heterocycles. The van der Waals surface area contributed by atoms with E-state index in [1.165, 1.54) is 12.5 Å². The van der Waals surface area contributed by atoms with Gasteiger partial charge in [-0.25, -0.2) is 0 Å². The van der Waals surface area contributed by atoms with Gasteiger partial charge in [0.05, 0.1) is 5.56 Å². The minimum Gasteiger partial charge on any atom is -0.483 e. The monoisotopic (exact) mass is 325 g/mol. The van der Waals surface area contributed by atoms with E-state index in [1.807, 2.05) is 24.3 Å². The lowest BCUT2D eigenvalue weighted by molar-refractivity contribution is -0.118. The highest BCUT2D eigenvalue weighted by Gasteiger charge is 2.10. The molecule has 1 atom stereocenters. The molecule has 1 N–H and O–H groups in total. The molecule has 0 aromatic heterocycles. The van der Waals surface area contributed by atoms with Gasteiger partial charge in [0.2, 0.25) is 0 Å². The van der Waals surface area contributed by atoms with E-state index in [0.29, 0.717) is 17.2 Å². The van der Waals surface area contributed by atoms with Gasteiger partial charge in [0.15, 0.2) is 12.4 Å². The first-order valence-electron chi connectivity index (χ1n) is 8.13. The van der Waals surface area contributed by atoms with Gasteiger partial charge in [-0.3, -0.25) is 9.59 Å². The molecule has 4 heteroatoms. The van der Waals surface area contributed by atoms with Crippen molar-refractivity contribution in [1.29, 1.82) is 0 Å². The summed E-state index contributed by atoms with van der Waals surface area (Å²) in [5.74, 6) is 0.574. The maximum atomic E-state index is 12.0. The van der Waals surface area contributed by atoms with Gasteiger partial charge in [0.1, 0.15) is 5.75 Å². The van der Waals surface area contributed by atoms with Crippen LogP contribution < -0.4 is 10.1 Å². The number of nitrogens with one attached hydrogen (secondary N) is 1. The van der Waals surface area contributed by atoms with Crippen LogP contribution in [0.15, 0.2) is 48.5 Å². The predicted octanol–water partition coefficient (Wildman–Crippen LogP) is 4.42. The molecule has 0 fully saturated rings. The molecule has 2 aromatic rings. The van der Waals surface area contributed by atoms with Crippen LogP contribution in [0.3, 0.4) is 0 Å². The number of amides is 1. The smallest absolute Gasteiger partial charge is 0.262 e. The first kappa shape index (κ1) is 17.7. The molecule has 2 rings (SSSR count). The van der Waals surface area contributed by atoms with E-state index in [-0.39, 0.29) is 18.3 Å². The standard InChI is InChI=1S/C20H23NO3/c1-4-14(2)16-9-11-17(12-10-16)21-20(23)13-24-19-8-6-5-7-18(19)15(3)22/h5-12,14H,4,13H2,1-3H3,(H,21,23)/t14-/m0/s1. The first-order valence-corrected chi connectivity index (χ1v) is 8.13. The number of ether oxygens (including phenoxy) is 1. The summed E-state index contributed by atoms with van der Waals surface area (Å²) in [6.07, 6.45) is 1.08. The van der Waals surface area contributed by atoms with Gasteiger partial charge in [-0.2, -0.15) is 0 Å². The molecular weight excluding hydrogens is 302 g/mol. The van der Waals surface area contributed by atoms with Crippen molar-refractivity contribution in [2.45, 2.75) is 33.1 Å². The van der Waals surface area contributed by atoms with Gasteiger partial charge in [-0.05, 0) is 49.1 Å². The Morgan fingerprint density at radius 3 is 2.38 bits per heavy atom. The molecule has 1 amide bonds. The average Bonchev–Trinajstić information content (AvgIpc) is 2.60. The van der Waals surface area contributed by atoms with Crippen LogP contribution in [0, 0.1) is 0 Å². The van der Waals surface area contributed by atoms with E-state index >= 15 is 0 Å². The molecule has 4 nitrogen and oxygen atoms in total. The molecular formula is C20H23NO3. The number of hydrogen-bond acceptors (Lipinski definition) is 3. The summed E-state index contributed by atoms with van der Waals surface area (Å²) in [7, 11) is 0. The molecule has 0 unspecified atom stereocenters. The lowest BCUT2D eigenvalue weighted by atomic mass is 9.99. The highest BCUT2D eigenvalue weighted by atomic mass is 16.5. The third kappa shape index (κ3) is 4.69. The van der Waals surface area contributed by atoms with Crippen molar-refractivity contribution in [3.63, 3.8) is 0 Å². The van der Waals surface area contributed by atoms with Crippen LogP contribution in [0.2, 0.25) is 0 Å². The SMILES string of the molecule is CC[C@H](C)c1ccc(NC(=O)COc2ccccc2C(C)=O)cc1. The molecule has 0 aliphatic carbocycles. The first-order chi connectivity index (χ1) is 11.5. The van der Waals surface area contributed by atoms with Crippen molar-refractivity contribution in [1.82, 2.24) is 0 Å². The number of rotatable bonds is 7. The third-order valence-electron chi connectivity index (χ3n) is 4.00. The summed E-state index contributed by atoms with van der Waals surface area (Å²) in [4.78, 5) is 23.6. The van der Waals surface area contributed by atoms with E-state index in [9.17, 15) is 9.59 Å². The second kappa shape index (κ2) is 8.29. The minimum atomic E-state index is -0.260. The molecule has 0 saturated heterocycles. The predicted molar refractivity (Wildman–Crippen MR) is 95.7 cm³/mol. The molecule has 0 saturated carbocycles. The highest BCUT2D eigenvalue weighted by molar-refractivity contribution is 5.97. The number of carbonyl (C=O) groups is 2. The van der Waals surface area contributed by atoms with Crippen LogP contribution in [-0.2, 0) is 4.79 Å². The number of hydrogen-bond donors (Lipinski definition) is 1. The lowest BCUT2D eigenvalue weighted by Crippen LogP contribution is -2.20. The van der Waals surface area contributed by atoms with Crippen molar-refractivity contribution in [3.05, 3.63) is 59.7 Å². The molecule has 0 heterocycles. The van der Waals surface area contributed by atoms with Gasteiger partial charge in [-0.1, -0.05) is 38.1 Å². The summed E-state index contributed by atoms with van der Waals surface area (Å²) < 4.78 is 5.48. The summed E-state index contributed by atoms with van der Waals surface area (Å²) in [5.41, 5.74) is 2.46. The molecule has 0 spiro atoms. The van der Waals surface area contributed by atoms with Crippen molar-refractivity contribution in [2.24, 2.45) is 0 Å². The summed E-state index contributed by atoms with van der Waals surface area (Å²) >= 11 is 0. The molecule has 126 valence electrons. The summed E-state index contributed by atoms with van der Waals surface area (Å²) in [6, 6.07) is 14.7. The fourth-order valence-electron chi connectivity index (χ4n) is 2.35. The minimum absolute atomic E-state index is 0.0911. The number of benzene rings is 2. The Morgan fingerprint density at radius 1 is 1.08 bits per heavy atom. The van der Waals surface area contributed by atoms with Crippen molar-refractivity contribution in [2.75, 3.05) is 11.9 Å². The zero-order chi connectivity index (χ0) is 17.5. The van der Waals surface area contributed by atoms with Crippen LogP contribution in [-0.4, -0.2) is 18.3 Å². The molecule has 24 heavy (non-hydrogen) atoms. The van der Waals surface area contributed by atoms with Crippen molar-refractivity contribution in [3.8, 4) is 5.75 Å². The Bertz CT molecular complexity index is 707. The lowest BCUT2D eigenvalue weighted by Gasteiger charge is -2.12. The number of Topliss-reactive ketones (excluding diaryl/α,β-unsaturated/α-hetero) is 1. The van der Waals surface area contributed by atoms with E-state index < -0.39 is 0 Å². The summed E-state index contributed by atoms with van der Waals surface area (Å²) in [5, 5.41) is 2.80. The van der Waals surface area contributed by atoms with Gasteiger partial charge >= 0.3 is 0 Å². The normalized spacial score (nSPS) is 11.6. The van der Waals surface area contributed by atoms with Gasteiger partial charge in [0, 0.05) is 5.69 Å². The Balaban J connectivity index is 1.93. The Kier molecular flexibility index (Phi) is 6.13. The average molecular weight is 325 g/mol. The largest absolute Gasteiger partial charge is 0.483 e. The Hall–Kier alpha value is -2.62. The second-order valence-electron chi connectivity index (χ2n) is 5.82. The van der Waals surface area contributed by atoms with Crippen LogP contribution in [0.1, 0.15) is 49.0 Å². The second-order valence-corrected chi connectivity index (χ2v) is 5.82. The molecule has 0 aliphatic rings. The van der Waals surface area contributed by atoms with Crippen molar-refractivity contribution < 1.29 is 14.3 Å². The molecule has 0 radical (unpaired) electrons. The number of carbonyl (C=O) groups excluding carboxylic acids is 2. The zero-order valence-electron chi connectivity index (χ0n) is 14.3. The van der Waals surface area contributed by atoms with Crippen LogP contribution in [0.25, 0.3) is 0 Å². The van der Waals surface area contributed by atoms with E-state index in [4.69, 9.17) is 4.74 Å². The molecule has 0 bridgehead atoms. The van der Waals surface area contributed by atoms with Gasteiger partial charge < -0.3 is 10.1 Å². The quantitative estimate of drug-likeness (QED) is 0.767. The fourth-order valence-corrected chi connectivity index (χ4v) is 2.35. The topological polar surface area (TPSA) is 55.4 Å². The van der Waals surface area contributed by atoms with Gasteiger partial charge in [0.25, 0.3) is 5.91 Å².